The second-order valence-corrected chi connectivity index (χ2v) is 6.90. The van der Waals surface area contributed by atoms with E-state index >= 15 is 0 Å². The summed E-state index contributed by atoms with van der Waals surface area (Å²) in [6.07, 6.45) is 6.00. The van der Waals surface area contributed by atoms with Crippen LogP contribution in [-0.4, -0.2) is 27.3 Å². The molecule has 0 bridgehead atoms. The number of aryl methyl sites for hydroxylation is 1. The van der Waals surface area contributed by atoms with E-state index in [2.05, 4.69) is 48.1 Å². The number of benzene rings is 1. The van der Waals surface area contributed by atoms with Gasteiger partial charge in [-0.05, 0) is 38.2 Å². The molecule has 1 aromatic carbocycles. The van der Waals surface area contributed by atoms with Gasteiger partial charge in [0, 0.05) is 12.5 Å². The number of imidazole rings is 1. The van der Waals surface area contributed by atoms with Gasteiger partial charge in [0.15, 0.2) is 0 Å². The van der Waals surface area contributed by atoms with Crippen LogP contribution in [0.25, 0.3) is 11.3 Å². The molecule has 0 saturated carbocycles. The van der Waals surface area contributed by atoms with Crippen molar-refractivity contribution in [1.29, 1.82) is 0 Å². The lowest BCUT2D eigenvalue weighted by molar-refractivity contribution is -0.139. The van der Waals surface area contributed by atoms with Gasteiger partial charge in [-0.2, -0.15) is 0 Å². The number of aromatic amines is 1. The van der Waals surface area contributed by atoms with Crippen molar-refractivity contribution in [2.45, 2.75) is 52.5 Å². The van der Waals surface area contributed by atoms with Gasteiger partial charge in [-0.25, -0.2) is 4.98 Å². The van der Waals surface area contributed by atoms with Gasteiger partial charge in [-0.15, -0.1) is 0 Å². The molecule has 4 heteroatoms. The highest BCUT2D eigenvalue weighted by molar-refractivity contribution is 5.79. The Kier molecular flexibility index (Phi) is 5.03. The van der Waals surface area contributed by atoms with Gasteiger partial charge >= 0.3 is 0 Å². The predicted octanol–water partition coefficient (Wildman–Crippen LogP) is 4.48. The Hall–Kier alpha value is -2.10. The SMILES string of the molecule is CC[C@H](C)C(=O)N1CCCC[C@@H]1c1ncc(-c2ccc(C)cc2)[nH]1. The number of likely N-dealkylation sites (tertiary alicyclic amines) is 1. The Morgan fingerprint density at radius 2 is 2.08 bits per heavy atom. The van der Waals surface area contributed by atoms with Crippen molar-refractivity contribution in [2.75, 3.05) is 6.54 Å². The van der Waals surface area contributed by atoms with Crippen LogP contribution in [0.5, 0.6) is 0 Å². The molecule has 1 N–H and O–H groups in total. The van der Waals surface area contributed by atoms with Crippen molar-refractivity contribution in [1.82, 2.24) is 14.9 Å². The summed E-state index contributed by atoms with van der Waals surface area (Å²) in [5.74, 6) is 1.26. The third kappa shape index (κ3) is 3.37. The van der Waals surface area contributed by atoms with Crippen molar-refractivity contribution in [3.8, 4) is 11.3 Å². The highest BCUT2D eigenvalue weighted by Gasteiger charge is 2.31. The maximum atomic E-state index is 12.7. The molecular formula is C20H27N3O. The summed E-state index contributed by atoms with van der Waals surface area (Å²) < 4.78 is 0. The fourth-order valence-electron chi connectivity index (χ4n) is 3.32. The van der Waals surface area contributed by atoms with Crippen LogP contribution in [0, 0.1) is 12.8 Å². The molecule has 128 valence electrons. The van der Waals surface area contributed by atoms with Crippen molar-refractivity contribution in [3.63, 3.8) is 0 Å². The van der Waals surface area contributed by atoms with Crippen LogP contribution in [0.4, 0.5) is 0 Å². The Bertz CT molecular complexity index is 689. The van der Waals surface area contributed by atoms with E-state index in [4.69, 9.17) is 0 Å². The number of rotatable bonds is 4. The van der Waals surface area contributed by atoms with Gasteiger partial charge < -0.3 is 9.88 Å². The first-order chi connectivity index (χ1) is 11.6. The molecule has 1 aliphatic rings. The van der Waals surface area contributed by atoms with Gasteiger partial charge in [-0.3, -0.25) is 4.79 Å². The van der Waals surface area contributed by atoms with E-state index in [1.807, 2.05) is 18.0 Å². The van der Waals surface area contributed by atoms with E-state index in [-0.39, 0.29) is 17.9 Å². The molecule has 4 nitrogen and oxygen atoms in total. The first-order valence-corrected chi connectivity index (χ1v) is 9.02. The van der Waals surface area contributed by atoms with E-state index in [0.717, 1.165) is 49.3 Å². The molecule has 3 rings (SSSR count). The maximum absolute atomic E-state index is 12.7. The van der Waals surface area contributed by atoms with Crippen LogP contribution >= 0.6 is 0 Å². The monoisotopic (exact) mass is 325 g/mol. The smallest absolute Gasteiger partial charge is 0.226 e. The summed E-state index contributed by atoms with van der Waals surface area (Å²) in [5.41, 5.74) is 3.40. The molecule has 0 aliphatic carbocycles. The number of H-pyrrole nitrogens is 1. The Balaban J connectivity index is 1.84. The molecule has 1 aliphatic heterocycles. The van der Waals surface area contributed by atoms with E-state index in [1.54, 1.807) is 0 Å². The molecule has 2 atom stereocenters. The molecular weight excluding hydrogens is 298 g/mol. The fourth-order valence-corrected chi connectivity index (χ4v) is 3.32. The van der Waals surface area contributed by atoms with E-state index in [1.165, 1.54) is 5.56 Å². The first-order valence-electron chi connectivity index (χ1n) is 9.02. The number of carbonyl (C=O) groups excluding carboxylic acids is 1. The molecule has 0 radical (unpaired) electrons. The number of hydrogen-bond donors (Lipinski definition) is 1. The van der Waals surface area contributed by atoms with E-state index in [0.29, 0.717) is 0 Å². The Morgan fingerprint density at radius 1 is 1.33 bits per heavy atom. The summed E-state index contributed by atoms with van der Waals surface area (Å²) in [4.78, 5) is 22.8. The van der Waals surface area contributed by atoms with Crippen LogP contribution < -0.4 is 0 Å². The largest absolute Gasteiger partial charge is 0.340 e. The van der Waals surface area contributed by atoms with Gasteiger partial charge in [0.05, 0.1) is 17.9 Å². The average molecular weight is 325 g/mol. The number of hydrogen-bond acceptors (Lipinski definition) is 2. The van der Waals surface area contributed by atoms with Crippen molar-refractivity contribution in [3.05, 3.63) is 41.9 Å². The summed E-state index contributed by atoms with van der Waals surface area (Å²) >= 11 is 0. The Morgan fingerprint density at radius 3 is 2.79 bits per heavy atom. The lowest BCUT2D eigenvalue weighted by Gasteiger charge is -2.36. The quantitative estimate of drug-likeness (QED) is 0.900. The molecule has 2 heterocycles. The minimum Gasteiger partial charge on any atom is -0.340 e. The van der Waals surface area contributed by atoms with Crippen LogP contribution in [0.2, 0.25) is 0 Å². The number of piperidine rings is 1. The zero-order valence-electron chi connectivity index (χ0n) is 14.9. The number of amides is 1. The van der Waals surface area contributed by atoms with Crippen molar-refractivity contribution < 1.29 is 4.79 Å². The summed E-state index contributed by atoms with van der Waals surface area (Å²) in [5, 5.41) is 0. The third-order valence-corrected chi connectivity index (χ3v) is 5.09. The standard InChI is InChI=1S/C20H27N3O/c1-4-15(3)20(24)23-12-6-5-7-18(23)19-21-13-17(22-19)16-10-8-14(2)9-11-16/h8-11,13,15,18H,4-7,12H2,1-3H3,(H,21,22)/t15-,18+/m0/s1. The van der Waals surface area contributed by atoms with Crippen molar-refractivity contribution in [2.24, 2.45) is 5.92 Å². The number of nitrogens with zero attached hydrogens (tertiary/aromatic N) is 2. The van der Waals surface area contributed by atoms with E-state index in [9.17, 15) is 4.79 Å². The van der Waals surface area contributed by atoms with Gasteiger partial charge in [0.1, 0.15) is 5.82 Å². The Labute approximate surface area is 144 Å². The van der Waals surface area contributed by atoms with Crippen LogP contribution in [0.1, 0.15) is 57.0 Å². The van der Waals surface area contributed by atoms with Gasteiger partial charge in [-0.1, -0.05) is 43.7 Å². The van der Waals surface area contributed by atoms with Crippen LogP contribution in [0.3, 0.4) is 0 Å². The molecule has 1 fully saturated rings. The summed E-state index contributed by atoms with van der Waals surface area (Å²) in [6.45, 7) is 7.02. The van der Waals surface area contributed by atoms with Gasteiger partial charge in [0.25, 0.3) is 0 Å². The molecule has 0 unspecified atom stereocenters. The normalized spacial score (nSPS) is 19.3. The maximum Gasteiger partial charge on any atom is 0.226 e. The first kappa shape index (κ1) is 16.7. The number of carbonyl (C=O) groups is 1. The summed E-state index contributed by atoms with van der Waals surface area (Å²) in [6, 6.07) is 8.51. The lowest BCUT2D eigenvalue weighted by Crippen LogP contribution is -2.41. The van der Waals surface area contributed by atoms with Gasteiger partial charge in [0.2, 0.25) is 5.91 Å². The molecule has 1 aromatic heterocycles. The highest BCUT2D eigenvalue weighted by Crippen LogP contribution is 2.32. The molecule has 24 heavy (non-hydrogen) atoms. The minimum absolute atomic E-state index is 0.0807. The lowest BCUT2D eigenvalue weighted by atomic mass is 9.98. The number of nitrogens with one attached hydrogen (secondary N) is 1. The average Bonchev–Trinajstić information content (AvgIpc) is 3.11. The molecule has 0 spiro atoms. The molecule has 1 amide bonds. The van der Waals surface area contributed by atoms with Crippen LogP contribution in [-0.2, 0) is 4.79 Å². The molecule has 2 aromatic rings. The van der Waals surface area contributed by atoms with Crippen molar-refractivity contribution >= 4 is 5.91 Å². The second-order valence-electron chi connectivity index (χ2n) is 6.90. The predicted molar refractivity (Wildman–Crippen MR) is 96.5 cm³/mol. The summed E-state index contributed by atoms with van der Waals surface area (Å²) in [7, 11) is 0. The zero-order chi connectivity index (χ0) is 17.1. The topological polar surface area (TPSA) is 49.0 Å². The van der Waals surface area contributed by atoms with Crippen LogP contribution in [0.15, 0.2) is 30.5 Å². The third-order valence-electron chi connectivity index (χ3n) is 5.09. The highest BCUT2D eigenvalue weighted by atomic mass is 16.2. The molecule has 1 saturated heterocycles. The second kappa shape index (κ2) is 7.20. The minimum atomic E-state index is 0.0807. The number of aromatic nitrogens is 2. The van der Waals surface area contributed by atoms with E-state index < -0.39 is 0 Å². The zero-order valence-corrected chi connectivity index (χ0v) is 14.9. The fraction of sp³-hybridized carbons (Fsp3) is 0.500.